The van der Waals surface area contributed by atoms with Gasteiger partial charge in [-0.1, -0.05) is 61.6 Å². The minimum atomic E-state index is -0.597. The Morgan fingerprint density at radius 3 is 2.30 bits per heavy atom. The second-order valence-electron chi connectivity index (χ2n) is 8.23. The minimum Gasteiger partial charge on any atom is -0.494 e. The SMILES string of the molecule is CC[C@H](C(=O)NCC(C)C)N(Cc1ccc(Cl)cc1Cl)C(=O)CCCOc1ccc(Cl)cc1. The van der Waals surface area contributed by atoms with Crippen LogP contribution >= 0.6 is 34.8 Å². The number of carbonyl (C=O) groups excluding carboxylic acids is 2. The average Bonchev–Trinajstić information content (AvgIpc) is 2.77. The molecule has 2 rings (SSSR count). The minimum absolute atomic E-state index is 0.132. The molecule has 0 radical (unpaired) electrons. The lowest BCUT2D eigenvalue weighted by molar-refractivity contribution is -0.141. The van der Waals surface area contributed by atoms with Crippen LogP contribution in [-0.4, -0.2) is 35.9 Å². The van der Waals surface area contributed by atoms with Crippen molar-refractivity contribution in [1.29, 1.82) is 0 Å². The van der Waals surface area contributed by atoms with Crippen molar-refractivity contribution in [2.45, 2.75) is 52.6 Å². The molecule has 2 amide bonds. The zero-order valence-electron chi connectivity index (χ0n) is 19.2. The van der Waals surface area contributed by atoms with Gasteiger partial charge < -0.3 is 15.0 Å². The number of nitrogens with one attached hydrogen (secondary N) is 1. The first-order valence-electron chi connectivity index (χ1n) is 11.1. The first-order valence-corrected chi connectivity index (χ1v) is 12.2. The second kappa shape index (κ2) is 13.7. The van der Waals surface area contributed by atoms with Crippen LogP contribution in [0.15, 0.2) is 42.5 Å². The Kier molecular flexibility index (Phi) is 11.3. The molecule has 8 heteroatoms. The van der Waals surface area contributed by atoms with Crippen LogP contribution in [0.3, 0.4) is 0 Å². The number of hydrogen-bond acceptors (Lipinski definition) is 3. The highest BCUT2D eigenvalue weighted by Gasteiger charge is 2.28. The van der Waals surface area contributed by atoms with Crippen LogP contribution in [0.4, 0.5) is 0 Å². The molecule has 0 heterocycles. The monoisotopic (exact) mass is 512 g/mol. The van der Waals surface area contributed by atoms with E-state index in [1.165, 1.54) is 0 Å². The van der Waals surface area contributed by atoms with Crippen molar-refractivity contribution in [3.8, 4) is 5.75 Å². The van der Waals surface area contributed by atoms with Crippen molar-refractivity contribution in [3.05, 3.63) is 63.1 Å². The predicted octanol–water partition coefficient (Wildman–Crippen LogP) is 6.39. The van der Waals surface area contributed by atoms with Gasteiger partial charge in [-0.15, -0.1) is 0 Å². The summed E-state index contributed by atoms with van der Waals surface area (Å²) in [4.78, 5) is 27.7. The van der Waals surface area contributed by atoms with E-state index in [4.69, 9.17) is 39.5 Å². The molecule has 33 heavy (non-hydrogen) atoms. The fourth-order valence-corrected chi connectivity index (χ4v) is 3.86. The van der Waals surface area contributed by atoms with Crippen molar-refractivity contribution in [3.63, 3.8) is 0 Å². The summed E-state index contributed by atoms with van der Waals surface area (Å²) in [5, 5.41) is 4.56. The van der Waals surface area contributed by atoms with E-state index < -0.39 is 6.04 Å². The lowest BCUT2D eigenvalue weighted by atomic mass is 10.1. The zero-order valence-corrected chi connectivity index (χ0v) is 21.5. The lowest BCUT2D eigenvalue weighted by Crippen LogP contribution is -2.49. The number of halogens is 3. The van der Waals surface area contributed by atoms with Crippen LogP contribution in [0.1, 0.15) is 45.6 Å². The number of benzene rings is 2. The standard InChI is InChI=1S/C25H31Cl3N2O3/c1-4-23(25(32)29-15-17(2)3)30(16-18-7-8-20(27)14-22(18)28)24(31)6-5-13-33-21-11-9-19(26)10-12-21/h7-12,14,17,23H,4-6,13,15-16H2,1-3H3,(H,29,32)/t23-/m1/s1. The van der Waals surface area contributed by atoms with Gasteiger partial charge in [-0.25, -0.2) is 0 Å². The Balaban J connectivity index is 2.09. The molecule has 1 N–H and O–H groups in total. The number of hydrogen-bond donors (Lipinski definition) is 1. The Bertz CT molecular complexity index is 920. The maximum Gasteiger partial charge on any atom is 0.242 e. The summed E-state index contributed by atoms with van der Waals surface area (Å²) in [7, 11) is 0. The molecule has 5 nitrogen and oxygen atoms in total. The van der Waals surface area contributed by atoms with Crippen molar-refractivity contribution >= 4 is 46.6 Å². The van der Waals surface area contributed by atoms with Gasteiger partial charge in [0.1, 0.15) is 11.8 Å². The van der Waals surface area contributed by atoms with E-state index in [0.29, 0.717) is 52.7 Å². The number of ether oxygens (including phenoxy) is 1. The molecule has 0 aliphatic rings. The van der Waals surface area contributed by atoms with Crippen LogP contribution in [0, 0.1) is 5.92 Å². The number of nitrogens with zero attached hydrogens (tertiary/aromatic N) is 1. The number of carbonyl (C=O) groups is 2. The Labute approximate surface area is 211 Å². The van der Waals surface area contributed by atoms with E-state index >= 15 is 0 Å². The molecule has 0 unspecified atom stereocenters. The highest BCUT2D eigenvalue weighted by molar-refractivity contribution is 6.35. The van der Waals surface area contributed by atoms with Gasteiger partial charge in [0.05, 0.1) is 6.61 Å². The smallest absolute Gasteiger partial charge is 0.242 e. The molecule has 0 aromatic heterocycles. The molecule has 0 aliphatic heterocycles. The molecule has 2 aromatic carbocycles. The summed E-state index contributed by atoms with van der Waals surface area (Å²) < 4.78 is 5.70. The fourth-order valence-electron chi connectivity index (χ4n) is 3.26. The molecular formula is C25H31Cl3N2O3. The van der Waals surface area contributed by atoms with Gasteiger partial charge in [-0.3, -0.25) is 9.59 Å². The Hall–Kier alpha value is -1.95. The third-order valence-electron chi connectivity index (χ3n) is 5.04. The van der Waals surface area contributed by atoms with E-state index in [0.717, 1.165) is 5.56 Å². The van der Waals surface area contributed by atoms with Crippen molar-refractivity contribution in [2.75, 3.05) is 13.2 Å². The molecule has 1 atom stereocenters. The van der Waals surface area contributed by atoms with Crippen LogP contribution in [0.25, 0.3) is 0 Å². The summed E-state index contributed by atoms with van der Waals surface area (Å²) in [6.45, 7) is 7.09. The van der Waals surface area contributed by atoms with Gasteiger partial charge in [0.2, 0.25) is 11.8 Å². The van der Waals surface area contributed by atoms with E-state index in [9.17, 15) is 9.59 Å². The third-order valence-corrected chi connectivity index (χ3v) is 5.88. The van der Waals surface area contributed by atoms with Crippen molar-refractivity contribution < 1.29 is 14.3 Å². The largest absolute Gasteiger partial charge is 0.494 e. The van der Waals surface area contributed by atoms with Gasteiger partial charge in [-0.2, -0.15) is 0 Å². The van der Waals surface area contributed by atoms with E-state index in [-0.39, 0.29) is 24.8 Å². The van der Waals surface area contributed by atoms with Crippen LogP contribution < -0.4 is 10.1 Å². The maximum absolute atomic E-state index is 13.2. The highest BCUT2D eigenvalue weighted by atomic mass is 35.5. The molecule has 0 spiro atoms. The predicted molar refractivity (Wildman–Crippen MR) is 135 cm³/mol. The number of amides is 2. The molecule has 0 aliphatic carbocycles. The van der Waals surface area contributed by atoms with E-state index in [1.54, 1.807) is 47.4 Å². The fraction of sp³-hybridized carbons (Fsp3) is 0.440. The average molecular weight is 514 g/mol. The van der Waals surface area contributed by atoms with Gasteiger partial charge >= 0.3 is 0 Å². The van der Waals surface area contributed by atoms with Gasteiger partial charge in [0.15, 0.2) is 0 Å². The molecular weight excluding hydrogens is 483 g/mol. The summed E-state index contributed by atoms with van der Waals surface area (Å²) in [6.07, 6.45) is 1.24. The lowest BCUT2D eigenvalue weighted by Gasteiger charge is -2.31. The zero-order chi connectivity index (χ0) is 24.4. The first kappa shape index (κ1) is 27.3. The molecule has 0 saturated heterocycles. The number of rotatable bonds is 12. The summed E-state index contributed by atoms with van der Waals surface area (Å²) in [6, 6.07) is 11.6. The summed E-state index contributed by atoms with van der Waals surface area (Å²) in [5.74, 6) is 0.705. The van der Waals surface area contributed by atoms with Gasteiger partial charge in [0, 0.05) is 34.6 Å². The highest BCUT2D eigenvalue weighted by Crippen LogP contribution is 2.24. The molecule has 180 valence electrons. The third kappa shape index (κ3) is 9.07. The topological polar surface area (TPSA) is 58.6 Å². The van der Waals surface area contributed by atoms with Crippen LogP contribution in [0.2, 0.25) is 15.1 Å². The molecule has 0 saturated carbocycles. The Morgan fingerprint density at radius 1 is 1.03 bits per heavy atom. The summed E-state index contributed by atoms with van der Waals surface area (Å²) >= 11 is 18.3. The first-order chi connectivity index (χ1) is 15.7. The molecule has 0 fully saturated rings. The van der Waals surface area contributed by atoms with Crippen molar-refractivity contribution in [1.82, 2.24) is 10.2 Å². The van der Waals surface area contributed by atoms with Gasteiger partial charge in [0.25, 0.3) is 0 Å². The second-order valence-corrected chi connectivity index (χ2v) is 9.51. The van der Waals surface area contributed by atoms with Crippen LogP contribution in [0.5, 0.6) is 5.75 Å². The van der Waals surface area contributed by atoms with Gasteiger partial charge in [-0.05, 0) is 60.7 Å². The molecule has 2 aromatic rings. The Morgan fingerprint density at radius 2 is 1.70 bits per heavy atom. The molecule has 0 bridgehead atoms. The maximum atomic E-state index is 13.2. The normalized spacial score (nSPS) is 11.8. The van der Waals surface area contributed by atoms with E-state index in [2.05, 4.69) is 5.32 Å². The van der Waals surface area contributed by atoms with Crippen molar-refractivity contribution in [2.24, 2.45) is 5.92 Å². The van der Waals surface area contributed by atoms with Crippen LogP contribution in [-0.2, 0) is 16.1 Å². The quantitative estimate of drug-likeness (QED) is 0.335. The van der Waals surface area contributed by atoms with E-state index in [1.807, 2.05) is 20.8 Å². The summed E-state index contributed by atoms with van der Waals surface area (Å²) in [5.41, 5.74) is 0.738.